The molecule has 252 valence electrons. The summed E-state index contributed by atoms with van der Waals surface area (Å²) in [6.45, 7) is 12.6. The van der Waals surface area contributed by atoms with Crippen LogP contribution in [-0.2, 0) is 37.7 Å². The molecule has 0 spiro atoms. The fourth-order valence-electron chi connectivity index (χ4n) is 6.45. The first kappa shape index (κ1) is 34.5. The van der Waals surface area contributed by atoms with Gasteiger partial charge in [-0.15, -0.1) is 5.10 Å². The third-order valence-corrected chi connectivity index (χ3v) is 11.5. The van der Waals surface area contributed by atoms with Crippen LogP contribution < -0.4 is 10.1 Å². The van der Waals surface area contributed by atoms with Gasteiger partial charge in [0.25, 0.3) is 0 Å². The van der Waals surface area contributed by atoms with Crippen molar-refractivity contribution in [1.82, 2.24) is 24.6 Å². The fraction of sp³-hybridized carbons (Fsp3) is 0.441. The Morgan fingerprint density at radius 3 is 2.51 bits per heavy atom. The third kappa shape index (κ3) is 7.07. The van der Waals surface area contributed by atoms with Gasteiger partial charge in [-0.2, -0.15) is 4.31 Å². The Hall–Kier alpha value is -3.81. The van der Waals surface area contributed by atoms with Crippen LogP contribution in [0.1, 0.15) is 67.9 Å². The molecule has 1 aliphatic heterocycles. The van der Waals surface area contributed by atoms with Crippen molar-refractivity contribution >= 4 is 36.8 Å². The van der Waals surface area contributed by atoms with Crippen molar-refractivity contribution in [2.75, 3.05) is 18.6 Å². The summed E-state index contributed by atoms with van der Waals surface area (Å²) in [6, 6.07) is 16.6. The molecule has 5 rings (SSSR count). The highest BCUT2D eigenvalue weighted by Crippen LogP contribution is 2.40. The number of amides is 1. The Bertz CT molecular complexity index is 2040. The molecule has 2 atom stereocenters. The molecule has 1 aromatic heterocycles. The van der Waals surface area contributed by atoms with Gasteiger partial charge in [0.2, 0.25) is 15.9 Å². The number of nitrogens with one attached hydrogen (secondary N) is 1. The number of sulfone groups is 1. The smallest absolute Gasteiger partial charge is 0.247 e. The molecule has 1 amide bonds. The highest BCUT2D eigenvalue weighted by atomic mass is 32.2. The number of aromatic nitrogens is 3. The van der Waals surface area contributed by atoms with Crippen molar-refractivity contribution in [2.24, 2.45) is 0 Å². The van der Waals surface area contributed by atoms with Gasteiger partial charge in [-0.3, -0.25) is 4.79 Å². The van der Waals surface area contributed by atoms with E-state index in [0.29, 0.717) is 18.7 Å². The summed E-state index contributed by atoms with van der Waals surface area (Å²) >= 11 is 0. The van der Waals surface area contributed by atoms with Crippen LogP contribution in [0.25, 0.3) is 11.0 Å². The maximum absolute atomic E-state index is 14.0. The molecule has 0 saturated carbocycles. The molecule has 0 bridgehead atoms. The van der Waals surface area contributed by atoms with Gasteiger partial charge in [0.1, 0.15) is 28.0 Å². The van der Waals surface area contributed by atoms with Gasteiger partial charge in [0.15, 0.2) is 9.84 Å². The van der Waals surface area contributed by atoms with E-state index in [0.717, 1.165) is 45.1 Å². The number of fused-ring (bicyclic) bond motifs is 2. The molecule has 0 aliphatic carbocycles. The number of carbonyl (C=O) groups is 1. The Balaban J connectivity index is 1.62. The SMILES string of the molecule is CC[C@@H]1CN(Cc2cc([C@@H](c3ccc4c(nnn4CC)c3C)C(C)(C)NC(=O)CS(C)(=O)=O)ccc2C)S(=O)(=O)c2ccccc2O1. The van der Waals surface area contributed by atoms with E-state index in [1.807, 2.05) is 76.6 Å². The molecule has 11 nitrogen and oxygen atoms in total. The van der Waals surface area contributed by atoms with Gasteiger partial charge in [-0.25, -0.2) is 21.5 Å². The van der Waals surface area contributed by atoms with E-state index < -0.39 is 43.0 Å². The normalized spacial score (nSPS) is 17.5. The van der Waals surface area contributed by atoms with Crippen molar-refractivity contribution in [3.63, 3.8) is 0 Å². The second-order valence-electron chi connectivity index (χ2n) is 12.9. The molecule has 2 heterocycles. The monoisotopic (exact) mass is 681 g/mol. The Labute approximate surface area is 277 Å². The molecular weight excluding hydrogens is 639 g/mol. The first-order valence-corrected chi connectivity index (χ1v) is 19.2. The van der Waals surface area contributed by atoms with Crippen LogP contribution in [0.3, 0.4) is 0 Å². The van der Waals surface area contributed by atoms with Gasteiger partial charge in [0.05, 0.1) is 12.1 Å². The lowest BCUT2D eigenvalue weighted by atomic mass is 9.75. The van der Waals surface area contributed by atoms with Crippen molar-refractivity contribution in [2.45, 2.75) is 83.5 Å². The zero-order chi connectivity index (χ0) is 34.3. The topological polar surface area (TPSA) is 141 Å². The lowest BCUT2D eigenvalue weighted by molar-refractivity contribution is -0.120. The number of sulfonamides is 1. The number of rotatable bonds is 10. The predicted octanol–water partition coefficient (Wildman–Crippen LogP) is 4.50. The molecular formula is C34H43N5O6S2. The van der Waals surface area contributed by atoms with Gasteiger partial charge in [-0.1, -0.05) is 48.5 Å². The molecule has 47 heavy (non-hydrogen) atoms. The lowest BCUT2D eigenvalue weighted by Crippen LogP contribution is -2.50. The first-order chi connectivity index (χ1) is 22.1. The number of para-hydroxylation sites is 1. The van der Waals surface area contributed by atoms with Crippen LogP contribution in [0.5, 0.6) is 5.75 Å². The van der Waals surface area contributed by atoms with Crippen molar-refractivity contribution in [1.29, 1.82) is 0 Å². The summed E-state index contributed by atoms with van der Waals surface area (Å²) < 4.78 is 61.3. The summed E-state index contributed by atoms with van der Waals surface area (Å²) in [6.07, 6.45) is 1.34. The number of nitrogens with zero attached hydrogens (tertiary/aromatic N) is 4. The highest BCUT2D eigenvalue weighted by molar-refractivity contribution is 7.91. The Kier molecular flexibility index (Phi) is 9.55. The average molecular weight is 682 g/mol. The fourth-order valence-corrected chi connectivity index (χ4v) is 8.57. The zero-order valence-electron chi connectivity index (χ0n) is 27.9. The molecule has 4 aromatic rings. The molecule has 0 radical (unpaired) electrons. The molecule has 0 unspecified atom stereocenters. The van der Waals surface area contributed by atoms with Crippen LogP contribution >= 0.6 is 0 Å². The number of benzene rings is 3. The molecule has 0 fully saturated rings. The van der Waals surface area contributed by atoms with Crippen molar-refractivity contribution in [3.05, 3.63) is 82.4 Å². The Morgan fingerprint density at radius 1 is 1.11 bits per heavy atom. The van der Waals surface area contributed by atoms with Crippen LogP contribution in [0, 0.1) is 13.8 Å². The van der Waals surface area contributed by atoms with Crippen molar-refractivity contribution < 1.29 is 26.4 Å². The van der Waals surface area contributed by atoms with E-state index in [-0.39, 0.29) is 24.1 Å². The molecule has 13 heteroatoms. The Morgan fingerprint density at radius 2 is 1.83 bits per heavy atom. The quantitative estimate of drug-likeness (QED) is 0.258. The van der Waals surface area contributed by atoms with Gasteiger partial charge < -0.3 is 10.1 Å². The number of ether oxygens (including phenoxy) is 1. The van der Waals surface area contributed by atoms with Crippen LogP contribution in [0.15, 0.2) is 59.5 Å². The largest absolute Gasteiger partial charge is 0.488 e. The summed E-state index contributed by atoms with van der Waals surface area (Å²) in [5.74, 6) is -1.36. The van der Waals surface area contributed by atoms with E-state index in [1.54, 1.807) is 24.3 Å². The van der Waals surface area contributed by atoms with E-state index in [9.17, 15) is 21.6 Å². The van der Waals surface area contributed by atoms with Gasteiger partial charge in [0, 0.05) is 30.8 Å². The second kappa shape index (κ2) is 13.0. The zero-order valence-corrected chi connectivity index (χ0v) is 29.6. The number of hydrogen-bond acceptors (Lipinski definition) is 8. The maximum atomic E-state index is 14.0. The number of carbonyl (C=O) groups excluding carboxylic acids is 1. The minimum atomic E-state index is -3.88. The van der Waals surface area contributed by atoms with Gasteiger partial charge >= 0.3 is 0 Å². The lowest BCUT2D eigenvalue weighted by Gasteiger charge is -2.37. The minimum absolute atomic E-state index is 0.118. The summed E-state index contributed by atoms with van der Waals surface area (Å²) in [7, 11) is -7.44. The van der Waals surface area contributed by atoms with E-state index in [4.69, 9.17) is 4.74 Å². The molecule has 1 aliphatic rings. The summed E-state index contributed by atoms with van der Waals surface area (Å²) in [5, 5.41) is 11.7. The summed E-state index contributed by atoms with van der Waals surface area (Å²) in [5.41, 5.74) is 4.96. The standard InChI is InChI=1S/C34H43N5O6S2/c1-8-26-20-38(47(43,44)30-13-11-10-12-29(30)45-26)19-25-18-24(15-14-22(25)3)32(34(5,6)35-31(40)21-46(7,41)42)27-16-17-28-33(23(27)4)36-37-39(28)9-2/h10-18,26,32H,8-9,19-21H2,1-7H3,(H,35,40)/t26-,32+/m1/s1. The van der Waals surface area contributed by atoms with Gasteiger partial charge in [-0.05, 0) is 87.1 Å². The second-order valence-corrected chi connectivity index (χ2v) is 17.0. The first-order valence-electron chi connectivity index (χ1n) is 15.7. The molecule has 0 saturated heterocycles. The van der Waals surface area contributed by atoms with Crippen LogP contribution in [0.4, 0.5) is 0 Å². The number of hydrogen-bond donors (Lipinski definition) is 1. The van der Waals surface area contributed by atoms with E-state index in [2.05, 4.69) is 15.6 Å². The predicted molar refractivity (Wildman–Crippen MR) is 182 cm³/mol. The van der Waals surface area contributed by atoms with E-state index in [1.165, 1.54) is 4.31 Å². The molecule has 1 N–H and O–H groups in total. The van der Waals surface area contributed by atoms with E-state index >= 15 is 0 Å². The maximum Gasteiger partial charge on any atom is 0.247 e. The summed E-state index contributed by atoms with van der Waals surface area (Å²) in [4.78, 5) is 13.2. The minimum Gasteiger partial charge on any atom is -0.488 e. The highest BCUT2D eigenvalue weighted by Gasteiger charge is 2.38. The number of aryl methyl sites for hydroxylation is 3. The average Bonchev–Trinajstić information content (AvgIpc) is 3.37. The third-order valence-electron chi connectivity index (χ3n) is 8.85. The van der Waals surface area contributed by atoms with Crippen LogP contribution in [0.2, 0.25) is 0 Å². The molecule has 3 aromatic carbocycles. The van der Waals surface area contributed by atoms with Crippen LogP contribution in [-0.4, -0.2) is 72.2 Å². The van der Waals surface area contributed by atoms with Crippen molar-refractivity contribution in [3.8, 4) is 5.75 Å².